The highest BCUT2D eigenvalue weighted by atomic mass is 79.9. The Morgan fingerprint density at radius 2 is 1.96 bits per heavy atom. The number of aromatic nitrogens is 5. The van der Waals surface area contributed by atoms with Gasteiger partial charge in [-0.15, -0.1) is 0 Å². The van der Waals surface area contributed by atoms with Crippen LogP contribution in [0.1, 0.15) is 0 Å². The number of fused-ring (bicyclic) bond motifs is 2. The summed E-state index contributed by atoms with van der Waals surface area (Å²) in [6, 6.07) is 6.71. The second-order valence-electron chi connectivity index (χ2n) is 6.16. The van der Waals surface area contributed by atoms with E-state index in [2.05, 4.69) is 35.6 Å². The Morgan fingerprint density at radius 3 is 2.61 bits per heavy atom. The number of aliphatic hydroxyl groups excluding tert-OH is 1. The zero-order chi connectivity index (χ0) is 20.1. The molecule has 4 rings (SSSR count). The van der Waals surface area contributed by atoms with Gasteiger partial charge in [0.15, 0.2) is 15.9 Å². The summed E-state index contributed by atoms with van der Waals surface area (Å²) in [5.41, 5.74) is 2.05. The molecule has 28 heavy (non-hydrogen) atoms. The Hall–Kier alpha value is -2.70. The first-order valence-corrected chi connectivity index (χ1v) is 10.8. The minimum atomic E-state index is -3.35. The van der Waals surface area contributed by atoms with Gasteiger partial charge in [0, 0.05) is 18.4 Å². The maximum absolute atomic E-state index is 12.8. The summed E-state index contributed by atoms with van der Waals surface area (Å²) in [5.74, 6) is 0.331. The molecule has 10 nitrogen and oxygen atoms in total. The van der Waals surface area contributed by atoms with Gasteiger partial charge in [0.25, 0.3) is 5.56 Å². The van der Waals surface area contributed by atoms with E-state index in [4.69, 9.17) is 0 Å². The molecule has 3 aromatic heterocycles. The number of aliphatic hydroxyl groups is 1. The molecule has 0 atom stereocenters. The number of benzene rings is 1. The highest BCUT2D eigenvalue weighted by Crippen LogP contribution is 2.22. The minimum Gasteiger partial charge on any atom is -0.395 e. The number of nitrogens with zero attached hydrogens (tertiary/aromatic N) is 4. The van der Waals surface area contributed by atoms with Gasteiger partial charge in [-0.1, -0.05) is 12.1 Å². The van der Waals surface area contributed by atoms with Crippen LogP contribution in [0.3, 0.4) is 0 Å². The number of hydrogen-bond acceptors (Lipinski definition) is 6. The highest BCUT2D eigenvalue weighted by molar-refractivity contribution is 9.10. The lowest BCUT2D eigenvalue weighted by Crippen LogP contribution is -2.14. The van der Waals surface area contributed by atoms with Crippen LogP contribution in [0, 0.1) is 0 Å². The molecule has 0 radical (unpaired) electrons. The number of nitrogens with one attached hydrogen (secondary N) is 2. The first-order valence-electron chi connectivity index (χ1n) is 8.13. The predicted molar refractivity (Wildman–Crippen MR) is 108 cm³/mol. The molecule has 0 aliphatic carbocycles. The van der Waals surface area contributed by atoms with E-state index in [9.17, 15) is 18.3 Å². The third-order valence-corrected chi connectivity index (χ3v) is 5.29. The van der Waals surface area contributed by atoms with E-state index < -0.39 is 10.0 Å². The highest BCUT2D eigenvalue weighted by Gasteiger charge is 2.17. The molecule has 12 heteroatoms. The number of anilines is 1. The fourth-order valence-electron chi connectivity index (χ4n) is 2.91. The molecule has 0 bridgehead atoms. The number of H-pyrrole nitrogens is 1. The molecule has 1 aromatic carbocycles. The molecule has 0 saturated carbocycles. The molecule has 146 valence electrons. The molecule has 3 N–H and O–H groups in total. The van der Waals surface area contributed by atoms with E-state index in [1.165, 1.54) is 4.40 Å². The Morgan fingerprint density at radius 1 is 1.25 bits per heavy atom. The Balaban J connectivity index is 1.81. The number of sulfonamides is 1. The molecular formula is C16H15BrN6O4S. The zero-order valence-corrected chi connectivity index (χ0v) is 17.0. The first kappa shape index (κ1) is 18.7. The van der Waals surface area contributed by atoms with Crippen molar-refractivity contribution in [2.75, 3.05) is 17.6 Å². The average molecular weight is 467 g/mol. The monoisotopic (exact) mass is 466 g/mol. The summed E-state index contributed by atoms with van der Waals surface area (Å²) >= 11 is 3.28. The largest absolute Gasteiger partial charge is 0.395 e. The van der Waals surface area contributed by atoms with Gasteiger partial charge in [-0.05, 0) is 33.6 Å². The van der Waals surface area contributed by atoms with Crippen LogP contribution >= 0.6 is 15.9 Å². The number of hydrogen-bond donors (Lipinski definition) is 3. The summed E-state index contributed by atoms with van der Waals surface area (Å²) in [7, 11) is -3.35. The van der Waals surface area contributed by atoms with Gasteiger partial charge < -0.3 is 14.7 Å². The molecule has 0 saturated heterocycles. The van der Waals surface area contributed by atoms with Crippen LogP contribution in [-0.2, 0) is 16.6 Å². The Kier molecular flexibility index (Phi) is 4.48. The van der Waals surface area contributed by atoms with Crippen molar-refractivity contribution < 1.29 is 13.5 Å². The van der Waals surface area contributed by atoms with E-state index in [-0.39, 0.29) is 24.2 Å². The van der Waals surface area contributed by atoms with E-state index in [1.54, 1.807) is 35.0 Å². The summed E-state index contributed by atoms with van der Waals surface area (Å²) < 4.78 is 28.4. The lowest BCUT2D eigenvalue weighted by Gasteiger charge is -2.04. The van der Waals surface area contributed by atoms with Gasteiger partial charge >= 0.3 is 0 Å². The lowest BCUT2D eigenvalue weighted by molar-refractivity contribution is 0.276. The van der Waals surface area contributed by atoms with Crippen molar-refractivity contribution in [2.45, 2.75) is 6.54 Å². The maximum Gasteiger partial charge on any atom is 0.287 e. The van der Waals surface area contributed by atoms with Gasteiger partial charge in [-0.2, -0.15) is 4.98 Å². The van der Waals surface area contributed by atoms with E-state index in [0.717, 1.165) is 11.8 Å². The SMILES string of the molecule is CS(=O)(=O)Nc1ccc(-c2cn3c(=O)c4nc(Br)n(CCO)c4nc3[nH]2)cc1. The first-order chi connectivity index (χ1) is 13.3. The quantitative estimate of drug-likeness (QED) is 0.377. The van der Waals surface area contributed by atoms with Gasteiger partial charge in [0.1, 0.15) is 0 Å². The molecular weight excluding hydrogens is 452 g/mol. The standard InChI is InChI=1S/C16H15BrN6O4S/c1-28(26,27)21-10-4-2-9(3-5-10)11-8-23-14(25)12-13(20-16(23)18-11)22(6-7-24)15(17)19-12/h2-5,8,21,24H,6-7H2,1H3,(H,18,20). The second kappa shape index (κ2) is 6.72. The van der Waals surface area contributed by atoms with Crippen LogP contribution < -0.4 is 10.3 Å². The maximum atomic E-state index is 12.8. The summed E-state index contributed by atoms with van der Waals surface area (Å²) in [4.78, 5) is 24.5. The van der Waals surface area contributed by atoms with Crippen molar-refractivity contribution in [3.05, 3.63) is 45.5 Å². The third kappa shape index (κ3) is 3.30. The number of aromatic amines is 1. The van der Waals surface area contributed by atoms with Crippen molar-refractivity contribution >= 4 is 48.6 Å². The van der Waals surface area contributed by atoms with Crippen molar-refractivity contribution in [2.24, 2.45) is 0 Å². The van der Waals surface area contributed by atoms with Crippen molar-refractivity contribution in [1.82, 2.24) is 23.9 Å². The predicted octanol–water partition coefficient (Wildman–Crippen LogP) is 1.17. The van der Waals surface area contributed by atoms with Gasteiger partial charge in [-0.3, -0.25) is 9.52 Å². The van der Waals surface area contributed by atoms with E-state index in [1.807, 2.05) is 0 Å². The van der Waals surface area contributed by atoms with Crippen LogP contribution in [0.2, 0.25) is 0 Å². The van der Waals surface area contributed by atoms with Crippen LogP contribution in [0.5, 0.6) is 0 Å². The minimum absolute atomic E-state index is 0.116. The fraction of sp³-hybridized carbons (Fsp3) is 0.188. The summed E-state index contributed by atoms with van der Waals surface area (Å²) in [6.45, 7) is 0.136. The van der Waals surface area contributed by atoms with E-state index >= 15 is 0 Å². The average Bonchev–Trinajstić information content (AvgIpc) is 3.18. The Bertz CT molecular complexity index is 1350. The molecule has 0 amide bonds. The van der Waals surface area contributed by atoms with Crippen molar-refractivity contribution in [3.63, 3.8) is 0 Å². The van der Waals surface area contributed by atoms with Crippen molar-refractivity contribution in [1.29, 1.82) is 0 Å². The van der Waals surface area contributed by atoms with Crippen molar-refractivity contribution in [3.8, 4) is 11.3 Å². The number of rotatable bonds is 5. The smallest absolute Gasteiger partial charge is 0.287 e. The normalized spacial score (nSPS) is 12.1. The van der Waals surface area contributed by atoms with E-state index in [0.29, 0.717) is 27.5 Å². The van der Waals surface area contributed by atoms with Gasteiger partial charge in [0.05, 0.1) is 18.6 Å². The lowest BCUT2D eigenvalue weighted by atomic mass is 10.1. The summed E-state index contributed by atoms with van der Waals surface area (Å²) in [6.07, 6.45) is 2.69. The van der Waals surface area contributed by atoms with Gasteiger partial charge in [0.2, 0.25) is 15.8 Å². The van der Waals surface area contributed by atoms with Crippen LogP contribution in [0.15, 0.2) is 40.0 Å². The molecule has 0 spiro atoms. The molecule has 3 heterocycles. The molecule has 4 aromatic rings. The van der Waals surface area contributed by atoms with Crippen LogP contribution in [-0.4, -0.2) is 50.3 Å². The molecule has 0 aliphatic heterocycles. The molecule has 0 aliphatic rings. The molecule has 0 unspecified atom stereocenters. The number of halogens is 1. The van der Waals surface area contributed by atoms with Gasteiger partial charge in [-0.25, -0.2) is 17.8 Å². The van der Waals surface area contributed by atoms with Crippen LogP contribution in [0.4, 0.5) is 5.69 Å². The fourth-order valence-corrected chi connectivity index (χ4v) is 3.99. The zero-order valence-electron chi connectivity index (χ0n) is 14.5. The third-order valence-electron chi connectivity index (χ3n) is 4.08. The second-order valence-corrected chi connectivity index (χ2v) is 8.62. The molecule has 0 fully saturated rings. The Labute approximate surface area is 167 Å². The van der Waals surface area contributed by atoms with Crippen LogP contribution in [0.25, 0.3) is 28.2 Å². The number of imidazole rings is 2. The topological polar surface area (TPSA) is 134 Å². The summed E-state index contributed by atoms with van der Waals surface area (Å²) in [5, 5.41) is 9.22.